The number of hydrogen-bond donors (Lipinski definition) is 1. The summed E-state index contributed by atoms with van der Waals surface area (Å²) in [5.41, 5.74) is -0.446. The molecule has 104 valence electrons. The summed E-state index contributed by atoms with van der Waals surface area (Å²) >= 11 is 0. The average molecular weight is 260 g/mol. The molecule has 0 bridgehead atoms. The Morgan fingerprint density at radius 1 is 1.47 bits per heavy atom. The first-order valence-corrected chi connectivity index (χ1v) is 7.18. The molecular formula is C15H24N4. The van der Waals surface area contributed by atoms with Gasteiger partial charge in [-0.3, -0.25) is 5.32 Å². The number of nitrogens with zero attached hydrogens (tertiary/aromatic N) is 3. The third kappa shape index (κ3) is 2.98. The van der Waals surface area contributed by atoms with Crippen molar-refractivity contribution in [1.29, 1.82) is 5.26 Å². The van der Waals surface area contributed by atoms with Crippen molar-refractivity contribution in [1.82, 2.24) is 14.9 Å². The zero-order valence-electron chi connectivity index (χ0n) is 12.3. The molecule has 1 aromatic heterocycles. The van der Waals surface area contributed by atoms with E-state index >= 15 is 0 Å². The molecule has 1 N–H and O–H groups in total. The highest BCUT2D eigenvalue weighted by Gasteiger charge is 2.46. The predicted molar refractivity (Wildman–Crippen MR) is 75.7 cm³/mol. The molecule has 0 saturated heterocycles. The fourth-order valence-corrected chi connectivity index (χ4v) is 2.77. The van der Waals surface area contributed by atoms with E-state index in [-0.39, 0.29) is 0 Å². The van der Waals surface area contributed by atoms with E-state index in [1.165, 1.54) is 0 Å². The molecule has 19 heavy (non-hydrogen) atoms. The van der Waals surface area contributed by atoms with Gasteiger partial charge >= 0.3 is 0 Å². The van der Waals surface area contributed by atoms with E-state index in [1.54, 1.807) is 0 Å². The first-order chi connectivity index (χ1) is 8.98. The number of rotatable bonds is 6. The zero-order chi connectivity index (χ0) is 14.0. The lowest BCUT2D eigenvalue weighted by Gasteiger charge is -2.31. The van der Waals surface area contributed by atoms with Crippen molar-refractivity contribution in [2.45, 2.75) is 64.6 Å². The molecule has 1 aromatic rings. The van der Waals surface area contributed by atoms with Gasteiger partial charge in [0.25, 0.3) is 0 Å². The standard InChI is InChI=1S/C15H24N4/c1-11(2)14-17-7-8-19(14)10-15(9-16,13-5-6-13)18-12(3)4/h7-8,11-13,18H,5-6,10H2,1-4H3. The van der Waals surface area contributed by atoms with Gasteiger partial charge in [0.15, 0.2) is 0 Å². The van der Waals surface area contributed by atoms with Crippen molar-refractivity contribution >= 4 is 0 Å². The van der Waals surface area contributed by atoms with Crippen LogP contribution in [0.2, 0.25) is 0 Å². The molecule has 2 rings (SSSR count). The SMILES string of the molecule is CC(C)NC(C#N)(Cn1ccnc1C(C)C)C1CC1. The molecular weight excluding hydrogens is 236 g/mol. The molecule has 4 heteroatoms. The molecule has 1 unspecified atom stereocenters. The van der Waals surface area contributed by atoms with Crippen LogP contribution < -0.4 is 5.32 Å². The lowest BCUT2D eigenvalue weighted by Crippen LogP contribution is -2.52. The van der Waals surface area contributed by atoms with Crippen LogP contribution >= 0.6 is 0 Å². The monoisotopic (exact) mass is 260 g/mol. The zero-order valence-corrected chi connectivity index (χ0v) is 12.3. The lowest BCUT2D eigenvalue weighted by molar-refractivity contribution is 0.290. The molecule has 0 amide bonds. The maximum atomic E-state index is 9.72. The molecule has 0 aliphatic heterocycles. The second kappa shape index (κ2) is 5.34. The normalized spacial score (nSPS) is 18.6. The van der Waals surface area contributed by atoms with Crippen molar-refractivity contribution in [2.75, 3.05) is 0 Å². The Labute approximate surface area is 115 Å². The Kier molecular flexibility index (Phi) is 3.96. The van der Waals surface area contributed by atoms with Crippen LogP contribution in [-0.4, -0.2) is 21.1 Å². The van der Waals surface area contributed by atoms with E-state index in [0.717, 1.165) is 18.7 Å². The largest absolute Gasteiger partial charge is 0.332 e. The van der Waals surface area contributed by atoms with Gasteiger partial charge in [-0.2, -0.15) is 5.26 Å². The van der Waals surface area contributed by atoms with E-state index in [1.807, 2.05) is 12.4 Å². The molecule has 0 radical (unpaired) electrons. The second-order valence-corrected chi connectivity index (χ2v) is 6.22. The third-order valence-corrected chi connectivity index (χ3v) is 3.70. The van der Waals surface area contributed by atoms with Crippen LogP contribution in [0.15, 0.2) is 12.4 Å². The van der Waals surface area contributed by atoms with Crippen LogP contribution in [0.5, 0.6) is 0 Å². The molecule has 1 heterocycles. The smallest absolute Gasteiger partial charge is 0.127 e. The van der Waals surface area contributed by atoms with Crippen LogP contribution in [-0.2, 0) is 6.54 Å². The molecule has 1 aliphatic carbocycles. The Balaban J connectivity index is 2.25. The van der Waals surface area contributed by atoms with Crippen molar-refractivity contribution in [3.63, 3.8) is 0 Å². The quantitative estimate of drug-likeness (QED) is 0.855. The van der Waals surface area contributed by atoms with Crippen molar-refractivity contribution < 1.29 is 0 Å². The minimum atomic E-state index is -0.446. The summed E-state index contributed by atoms with van der Waals surface area (Å²) in [5.74, 6) is 1.91. The molecule has 0 spiro atoms. The summed E-state index contributed by atoms with van der Waals surface area (Å²) in [6.45, 7) is 9.18. The number of aromatic nitrogens is 2. The molecule has 0 aromatic carbocycles. The minimum absolute atomic E-state index is 0.311. The molecule has 1 atom stereocenters. The molecule has 4 nitrogen and oxygen atoms in total. The molecule has 1 saturated carbocycles. The van der Waals surface area contributed by atoms with Gasteiger partial charge in [0, 0.05) is 24.4 Å². The van der Waals surface area contributed by atoms with Crippen molar-refractivity contribution in [3.05, 3.63) is 18.2 Å². The first-order valence-electron chi connectivity index (χ1n) is 7.18. The van der Waals surface area contributed by atoms with E-state index in [2.05, 4.69) is 48.6 Å². The highest BCUT2D eigenvalue weighted by Crippen LogP contribution is 2.41. The fraction of sp³-hybridized carbons (Fsp3) is 0.733. The van der Waals surface area contributed by atoms with E-state index in [0.29, 0.717) is 24.4 Å². The van der Waals surface area contributed by atoms with Gasteiger partial charge in [0.2, 0.25) is 0 Å². The number of hydrogen-bond acceptors (Lipinski definition) is 3. The Morgan fingerprint density at radius 2 is 2.16 bits per heavy atom. The maximum absolute atomic E-state index is 9.72. The van der Waals surface area contributed by atoms with Crippen molar-refractivity contribution in [3.8, 4) is 6.07 Å². The van der Waals surface area contributed by atoms with Crippen molar-refractivity contribution in [2.24, 2.45) is 5.92 Å². The Morgan fingerprint density at radius 3 is 2.63 bits per heavy atom. The van der Waals surface area contributed by atoms with Gasteiger partial charge in [-0.25, -0.2) is 4.98 Å². The van der Waals surface area contributed by atoms with Gasteiger partial charge in [0.1, 0.15) is 11.4 Å². The predicted octanol–water partition coefficient (Wildman–Crippen LogP) is 2.68. The van der Waals surface area contributed by atoms with E-state index < -0.39 is 5.54 Å². The summed E-state index contributed by atoms with van der Waals surface area (Å²) in [5, 5.41) is 13.2. The number of imidazole rings is 1. The highest BCUT2D eigenvalue weighted by molar-refractivity contribution is 5.17. The Hall–Kier alpha value is -1.34. The average Bonchev–Trinajstić information content (AvgIpc) is 3.09. The summed E-state index contributed by atoms with van der Waals surface area (Å²) in [6, 6.07) is 2.86. The van der Waals surface area contributed by atoms with Crippen LogP contribution in [0.3, 0.4) is 0 Å². The summed E-state index contributed by atoms with van der Waals surface area (Å²) in [7, 11) is 0. The van der Waals surface area contributed by atoms with E-state index in [9.17, 15) is 5.26 Å². The van der Waals surface area contributed by atoms with Crippen LogP contribution in [0.25, 0.3) is 0 Å². The topological polar surface area (TPSA) is 53.6 Å². The van der Waals surface area contributed by atoms with E-state index in [4.69, 9.17) is 0 Å². The van der Waals surface area contributed by atoms with Gasteiger partial charge in [-0.1, -0.05) is 13.8 Å². The second-order valence-electron chi connectivity index (χ2n) is 6.22. The van der Waals surface area contributed by atoms with Gasteiger partial charge in [-0.15, -0.1) is 0 Å². The summed E-state index contributed by atoms with van der Waals surface area (Å²) < 4.78 is 2.14. The highest BCUT2D eigenvalue weighted by atomic mass is 15.1. The van der Waals surface area contributed by atoms with Crippen LogP contribution in [0.4, 0.5) is 0 Å². The Bertz CT molecular complexity index is 465. The molecule has 1 fully saturated rings. The van der Waals surface area contributed by atoms with Gasteiger partial charge < -0.3 is 4.57 Å². The first kappa shape index (κ1) is 14.1. The van der Waals surface area contributed by atoms with Crippen LogP contribution in [0, 0.1) is 17.2 Å². The lowest BCUT2D eigenvalue weighted by atomic mass is 9.93. The third-order valence-electron chi connectivity index (χ3n) is 3.70. The van der Waals surface area contributed by atoms with Gasteiger partial charge in [-0.05, 0) is 32.6 Å². The number of nitrogens with one attached hydrogen (secondary N) is 1. The van der Waals surface area contributed by atoms with Crippen LogP contribution in [0.1, 0.15) is 52.3 Å². The maximum Gasteiger partial charge on any atom is 0.127 e. The summed E-state index contributed by atoms with van der Waals surface area (Å²) in [4.78, 5) is 4.42. The number of nitriles is 1. The molecule has 1 aliphatic rings. The van der Waals surface area contributed by atoms with Gasteiger partial charge in [0.05, 0.1) is 12.6 Å². The summed E-state index contributed by atoms with van der Waals surface area (Å²) in [6.07, 6.45) is 6.13. The fourth-order valence-electron chi connectivity index (χ4n) is 2.77. The minimum Gasteiger partial charge on any atom is -0.332 e.